The summed E-state index contributed by atoms with van der Waals surface area (Å²) in [6.45, 7) is 4.13. The van der Waals surface area contributed by atoms with Gasteiger partial charge in [-0.15, -0.1) is 0 Å². The summed E-state index contributed by atoms with van der Waals surface area (Å²) in [6, 6.07) is 15.3. The maximum atomic E-state index is 4.56. The Morgan fingerprint density at radius 3 is 2.42 bits per heavy atom. The molecule has 0 amide bonds. The van der Waals surface area contributed by atoms with Crippen LogP contribution in [0.3, 0.4) is 0 Å². The Kier molecular flexibility index (Phi) is 4.69. The van der Waals surface area contributed by atoms with Gasteiger partial charge in [0, 0.05) is 17.4 Å². The van der Waals surface area contributed by atoms with Gasteiger partial charge in [0.05, 0.1) is 0 Å². The first-order valence-electron chi connectivity index (χ1n) is 6.86. The minimum atomic E-state index is 0.369. The third kappa shape index (κ3) is 3.65. The molecule has 2 nitrogen and oxygen atoms in total. The average Bonchev–Trinajstić information content (AvgIpc) is 2.42. The Bertz CT molecular complexity index is 520. The summed E-state index contributed by atoms with van der Waals surface area (Å²) >= 11 is 0. The molecule has 0 saturated heterocycles. The highest BCUT2D eigenvalue weighted by molar-refractivity contribution is 5.25. The van der Waals surface area contributed by atoms with Crippen molar-refractivity contribution in [1.82, 2.24) is 10.3 Å². The molecule has 0 aliphatic rings. The lowest BCUT2D eigenvalue weighted by atomic mass is 9.98. The van der Waals surface area contributed by atoms with Crippen molar-refractivity contribution in [3.8, 4) is 0 Å². The third-order valence-corrected chi connectivity index (χ3v) is 3.55. The van der Waals surface area contributed by atoms with Crippen molar-refractivity contribution in [3.05, 3.63) is 65.0 Å². The topological polar surface area (TPSA) is 24.9 Å². The van der Waals surface area contributed by atoms with E-state index >= 15 is 0 Å². The summed E-state index contributed by atoms with van der Waals surface area (Å²) in [6.07, 6.45) is 2.17. The van der Waals surface area contributed by atoms with Crippen LogP contribution in [0.25, 0.3) is 0 Å². The number of hydrogen-bond donors (Lipinski definition) is 1. The summed E-state index contributed by atoms with van der Waals surface area (Å²) in [7, 11) is 2.02. The number of benzene rings is 1. The Hall–Kier alpha value is -1.67. The van der Waals surface area contributed by atoms with Gasteiger partial charge < -0.3 is 5.32 Å². The number of hydrogen-bond acceptors (Lipinski definition) is 2. The Labute approximate surface area is 115 Å². The molecule has 2 aromatic rings. The molecule has 0 bridgehead atoms. The van der Waals surface area contributed by atoms with E-state index in [1.54, 1.807) is 0 Å². The molecule has 0 fully saturated rings. The van der Waals surface area contributed by atoms with Gasteiger partial charge in [-0.2, -0.15) is 0 Å². The molecule has 19 heavy (non-hydrogen) atoms. The molecule has 1 aromatic carbocycles. The molecule has 1 aromatic heterocycles. The van der Waals surface area contributed by atoms with Crippen LogP contribution in [0.4, 0.5) is 0 Å². The van der Waals surface area contributed by atoms with Crippen molar-refractivity contribution in [2.24, 2.45) is 0 Å². The quantitative estimate of drug-likeness (QED) is 0.882. The van der Waals surface area contributed by atoms with Crippen molar-refractivity contribution in [2.45, 2.75) is 32.7 Å². The zero-order valence-electron chi connectivity index (χ0n) is 12.0. The van der Waals surface area contributed by atoms with Crippen molar-refractivity contribution in [1.29, 1.82) is 0 Å². The number of nitrogens with one attached hydrogen (secondary N) is 1. The van der Waals surface area contributed by atoms with E-state index in [9.17, 15) is 0 Å². The predicted octanol–water partition coefficient (Wildman–Crippen LogP) is 3.59. The van der Waals surface area contributed by atoms with Gasteiger partial charge >= 0.3 is 0 Å². The molecule has 0 spiro atoms. The summed E-state index contributed by atoms with van der Waals surface area (Å²) in [5, 5.41) is 3.41. The number of nitrogens with zero attached hydrogens (tertiary/aromatic N) is 1. The van der Waals surface area contributed by atoms with Crippen LogP contribution in [-0.2, 0) is 6.42 Å². The fourth-order valence-corrected chi connectivity index (χ4v) is 2.48. The molecule has 0 radical (unpaired) electrons. The molecule has 1 N–H and O–H groups in total. The molecule has 1 atom stereocenters. The highest BCUT2D eigenvalue weighted by Crippen LogP contribution is 2.21. The Morgan fingerprint density at radius 1 is 1.05 bits per heavy atom. The molecule has 1 unspecified atom stereocenters. The highest BCUT2D eigenvalue weighted by Gasteiger charge is 2.12. The lowest BCUT2D eigenvalue weighted by Crippen LogP contribution is -2.18. The van der Waals surface area contributed by atoms with Gasteiger partial charge in [-0.25, -0.2) is 0 Å². The maximum Gasteiger partial charge on any atom is 0.0423 e. The van der Waals surface area contributed by atoms with Crippen molar-refractivity contribution < 1.29 is 0 Å². The Balaban J connectivity index is 2.08. The van der Waals surface area contributed by atoms with Crippen LogP contribution in [0.2, 0.25) is 0 Å². The van der Waals surface area contributed by atoms with Crippen LogP contribution in [0.5, 0.6) is 0 Å². The van der Waals surface area contributed by atoms with E-state index in [1.165, 1.54) is 11.1 Å². The number of aryl methyl sites for hydroxylation is 3. The van der Waals surface area contributed by atoms with Crippen LogP contribution in [-0.4, -0.2) is 12.0 Å². The molecule has 100 valence electrons. The fourth-order valence-electron chi connectivity index (χ4n) is 2.48. The molecule has 0 aliphatic heterocycles. The van der Waals surface area contributed by atoms with Crippen molar-refractivity contribution in [2.75, 3.05) is 7.05 Å². The van der Waals surface area contributed by atoms with E-state index in [4.69, 9.17) is 0 Å². The first-order valence-corrected chi connectivity index (χ1v) is 6.86. The fraction of sp³-hybridized carbons (Fsp3) is 0.353. The zero-order valence-corrected chi connectivity index (χ0v) is 12.0. The summed E-state index contributed by atoms with van der Waals surface area (Å²) < 4.78 is 0. The first-order chi connectivity index (χ1) is 9.20. The van der Waals surface area contributed by atoms with Gasteiger partial charge in [0.1, 0.15) is 0 Å². The molecular weight excluding hydrogens is 232 g/mol. The smallest absolute Gasteiger partial charge is 0.0423 e. The van der Waals surface area contributed by atoms with Crippen LogP contribution in [0.15, 0.2) is 42.5 Å². The van der Waals surface area contributed by atoms with Gasteiger partial charge in [-0.3, -0.25) is 4.98 Å². The maximum absolute atomic E-state index is 4.56. The molecule has 0 aliphatic carbocycles. The Morgan fingerprint density at radius 2 is 1.79 bits per heavy atom. The number of pyridine rings is 1. The largest absolute Gasteiger partial charge is 0.313 e. The first kappa shape index (κ1) is 13.8. The van der Waals surface area contributed by atoms with Crippen LogP contribution < -0.4 is 5.32 Å². The van der Waals surface area contributed by atoms with E-state index in [2.05, 4.69) is 59.7 Å². The molecule has 0 saturated carbocycles. The molecule has 2 heteroatoms. The minimum absolute atomic E-state index is 0.369. The van der Waals surface area contributed by atoms with Gasteiger partial charge in [-0.1, -0.05) is 36.4 Å². The second kappa shape index (κ2) is 6.48. The second-order valence-electron chi connectivity index (χ2n) is 4.99. The van der Waals surface area contributed by atoms with Gasteiger partial charge in [0.2, 0.25) is 0 Å². The second-order valence-corrected chi connectivity index (χ2v) is 4.99. The van der Waals surface area contributed by atoms with Crippen molar-refractivity contribution in [3.63, 3.8) is 0 Å². The van der Waals surface area contributed by atoms with E-state index < -0.39 is 0 Å². The predicted molar refractivity (Wildman–Crippen MR) is 80.3 cm³/mol. The van der Waals surface area contributed by atoms with E-state index in [-0.39, 0.29) is 0 Å². The van der Waals surface area contributed by atoms with Crippen LogP contribution in [0, 0.1) is 13.8 Å². The minimum Gasteiger partial charge on any atom is -0.313 e. The third-order valence-electron chi connectivity index (χ3n) is 3.55. The normalized spacial score (nSPS) is 12.4. The number of aromatic nitrogens is 1. The van der Waals surface area contributed by atoms with E-state index in [0.29, 0.717) is 6.04 Å². The summed E-state index contributed by atoms with van der Waals surface area (Å²) in [4.78, 5) is 4.56. The van der Waals surface area contributed by atoms with Gasteiger partial charge in [0.25, 0.3) is 0 Å². The monoisotopic (exact) mass is 254 g/mol. The lowest BCUT2D eigenvalue weighted by Gasteiger charge is -2.18. The van der Waals surface area contributed by atoms with E-state index in [1.807, 2.05) is 14.0 Å². The molecular formula is C17H22N2. The lowest BCUT2D eigenvalue weighted by molar-refractivity contribution is 0.544. The van der Waals surface area contributed by atoms with Crippen LogP contribution >= 0.6 is 0 Å². The molecule has 1 heterocycles. The summed E-state index contributed by atoms with van der Waals surface area (Å²) in [5.41, 5.74) is 4.91. The summed E-state index contributed by atoms with van der Waals surface area (Å²) in [5.74, 6) is 0. The average molecular weight is 254 g/mol. The van der Waals surface area contributed by atoms with Gasteiger partial charge in [-0.05, 0) is 50.9 Å². The SMILES string of the molecule is CNC(CCc1ccccc1)c1ccc(C)nc1C. The number of rotatable bonds is 5. The molecule has 2 rings (SSSR count). The van der Waals surface area contributed by atoms with Crippen molar-refractivity contribution >= 4 is 0 Å². The zero-order chi connectivity index (χ0) is 13.7. The van der Waals surface area contributed by atoms with E-state index in [0.717, 1.165) is 24.2 Å². The highest BCUT2D eigenvalue weighted by atomic mass is 14.9. The van der Waals surface area contributed by atoms with Crippen LogP contribution in [0.1, 0.15) is 35.0 Å². The van der Waals surface area contributed by atoms with Gasteiger partial charge in [0.15, 0.2) is 0 Å². The standard InChI is InChI=1S/C17H22N2/c1-13-9-11-16(14(2)19-13)17(18-3)12-10-15-7-5-4-6-8-15/h4-9,11,17-18H,10,12H2,1-3H3.